The van der Waals surface area contributed by atoms with E-state index in [-0.39, 0.29) is 0 Å². The number of nitrogens with one attached hydrogen (secondary N) is 1. The van der Waals surface area contributed by atoms with Crippen LogP contribution in [0.3, 0.4) is 0 Å². The van der Waals surface area contributed by atoms with Gasteiger partial charge in [-0.15, -0.1) is 11.3 Å². The Balaban J connectivity index is 2.69. The predicted octanol–water partition coefficient (Wildman–Crippen LogP) is 0.832. The highest BCUT2D eigenvalue weighted by Crippen LogP contribution is 2.23. The molecule has 72 valence electrons. The van der Waals surface area contributed by atoms with Gasteiger partial charge in [0.2, 0.25) is 5.95 Å². The Morgan fingerprint density at radius 1 is 1.64 bits per heavy atom. The van der Waals surface area contributed by atoms with Crippen LogP contribution in [-0.4, -0.2) is 22.9 Å². The molecule has 3 N–H and O–H groups in total. The zero-order chi connectivity index (χ0) is 10.1. The fraction of sp³-hybridized carbons (Fsp3) is 0.125. The van der Waals surface area contributed by atoms with Gasteiger partial charge in [-0.1, -0.05) is 0 Å². The summed E-state index contributed by atoms with van der Waals surface area (Å²) in [5.41, 5.74) is 6.26. The monoisotopic (exact) mass is 208 g/mol. The molecule has 0 bridgehead atoms. The van der Waals surface area contributed by atoms with E-state index in [1.54, 1.807) is 18.6 Å². The van der Waals surface area contributed by atoms with Crippen molar-refractivity contribution in [1.29, 1.82) is 0 Å². The summed E-state index contributed by atoms with van der Waals surface area (Å²) in [6.07, 6.45) is 1.67. The number of anilines is 1. The topological polar surface area (TPSA) is 80.9 Å². The number of rotatable bonds is 2. The molecule has 0 aliphatic carbocycles. The molecule has 0 unspecified atom stereocenters. The van der Waals surface area contributed by atoms with Crippen molar-refractivity contribution in [2.24, 2.45) is 5.73 Å². The molecule has 1 amide bonds. The molecule has 0 radical (unpaired) electrons. The quantitative estimate of drug-likeness (QED) is 0.766. The first-order valence-electron chi connectivity index (χ1n) is 3.94. The van der Waals surface area contributed by atoms with Crippen molar-refractivity contribution in [3.05, 3.63) is 17.1 Å². The van der Waals surface area contributed by atoms with Crippen LogP contribution < -0.4 is 11.1 Å². The lowest BCUT2D eigenvalue weighted by Crippen LogP contribution is -2.10. The van der Waals surface area contributed by atoms with Crippen LogP contribution in [-0.2, 0) is 0 Å². The number of hydrogen-bond donors (Lipinski definition) is 2. The molecule has 0 spiro atoms. The van der Waals surface area contributed by atoms with Gasteiger partial charge in [0, 0.05) is 12.4 Å². The molecule has 2 aromatic rings. The molecule has 0 aliphatic heterocycles. The number of thiophene rings is 1. The molecule has 0 atom stereocenters. The Morgan fingerprint density at radius 3 is 3.07 bits per heavy atom. The average molecular weight is 208 g/mol. The highest BCUT2D eigenvalue weighted by molar-refractivity contribution is 7.17. The molecule has 0 aromatic carbocycles. The van der Waals surface area contributed by atoms with Crippen molar-refractivity contribution in [2.45, 2.75) is 0 Å². The van der Waals surface area contributed by atoms with Gasteiger partial charge in [0.05, 0.1) is 22.0 Å². The van der Waals surface area contributed by atoms with Gasteiger partial charge in [-0.3, -0.25) is 4.79 Å². The lowest BCUT2D eigenvalue weighted by molar-refractivity contribution is 0.100. The maximum absolute atomic E-state index is 11.0. The second-order valence-electron chi connectivity index (χ2n) is 2.67. The van der Waals surface area contributed by atoms with Crippen LogP contribution in [0.1, 0.15) is 10.4 Å². The molecule has 0 saturated heterocycles. The fourth-order valence-electron chi connectivity index (χ4n) is 1.12. The Kier molecular flexibility index (Phi) is 2.05. The third-order valence-corrected chi connectivity index (χ3v) is 2.71. The molecule has 6 heteroatoms. The standard InChI is InChI=1S/C8H8N4OS/c1-10-8-11-2-5-6(12-8)4(3-14-5)7(9)13/h2-3H,1H3,(H2,9,13)(H,10,11,12). The zero-order valence-corrected chi connectivity index (χ0v) is 8.26. The number of primary amides is 1. The van der Waals surface area contributed by atoms with Crippen molar-refractivity contribution in [2.75, 3.05) is 12.4 Å². The second kappa shape index (κ2) is 3.22. The summed E-state index contributed by atoms with van der Waals surface area (Å²) in [6, 6.07) is 0. The largest absolute Gasteiger partial charge is 0.366 e. The van der Waals surface area contributed by atoms with E-state index in [9.17, 15) is 4.79 Å². The number of aromatic nitrogens is 2. The number of amides is 1. The first-order chi connectivity index (χ1) is 6.72. The minimum absolute atomic E-state index is 0.448. The minimum Gasteiger partial charge on any atom is -0.366 e. The van der Waals surface area contributed by atoms with Crippen molar-refractivity contribution in [3.63, 3.8) is 0 Å². The normalized spacial score (nSPS) is 10.4. The van der Waals surface area contributed by atoms with Crippen molar-refractivity contribution < 1.29 is 4.79 Å². The predicted molar refractivity (Wildman–Crippen MR) is 55.5 cm³/mol. The van der Waals surface area contributed by atoms with Crippen LogP contribution in [0.4, 0.5) is 5.95 Å². The molecule has 2 aromatic heterocycles. The van der Waals surface area contributed by atoms with E-state index in [2.05, 4.69) is 15.3 Å². The lowest BCUT2D eigenvalue weighted by Gasteiger charge is -1.97. The first-order valence-corrected chi connectivity index (χ1v) is 4.82. The summed E-state index contributed by atoms with van der Waals surface area (Å²) in [5, 5.41) is 4.50. The van der Waals surface area contributed by atoms with E-state index in [4.69, 9.17) is 5.73 Å². The van der Waals surface area contributed by atoms with Crippen LogP contribution in [0.5, 0.6) is 0 Å². The number of fused-ring (bicyclic) bond motifs is 1. The Hall–Kier alpha value is -1.69. The Morgan fingerprint density at radius 2 is 2.43 bits per heavy atom. The van der Waals surface area contributed by atoms with E-state index >= 15 is 0 Å². The third kappa shape index (κ3) is 1.29. The van der Waals surface area contributed by atoms with E-state index in [1.165, 1.54) is 11.3 Å². The molecule has 0 saturated carbocycles. The average Bonchev–Trinajstić information content (AvgIpc) is 2.59. The van der Waals surface area contributed by atoms with Gasteiger partial charge >= 0.3 is 0 Å². The highest BCUT2D eigenvalue weighted by atomic mass is 32.1. The Labute approximate surface area is 84.0 Å². The van der Waals surface area contributed by atoms with Gasteiger partial charge in [0.15, 0.2) is 0 Å². The first kappa shape index (κ1) is 8.89. The zero-order valence-electron chi connectivity index (χ0n) is 7.44. The van der Waals surface area contributed by atoms with Crippen LogP contribution >= 0.6 is 11.3 Å². The van der Waals surface area contributed by atoms with Crippen LogP contribution in [0.25, 0.3) is 10.2 Å². The van der Waals surface area contributed by atoms with Gasteiger partial charge in [-0.05, 0) is 0 Å². The Bertz CT molecular complexity index is 493. The van der Waals surface area contributed by atoms with Crippen molar-refractivity contribution >= 4 is 33.4 Å². The highest BCUT2D eigenvalue weighted by Gasteiger charge is 2.11. The van der Waals surface area contributed by atoms with Gasteiger partial charge in [-0.25, -0.2) is 9.97 Å². The van der Waals surface area contributed by atoms with E-state index < -0.39 is 5.91 Å². The second-order valence-corrected chi connectivity index (χ2v) is 3.58. The number of nitrogens with two attached hydrogens (primary N) is 1. The number of nitrogens with zero attached hydrogens (tertiary/aromatic N) is 2. The fourth-order valence-corrected chi connectivity index (χ4v) is 1.98. The number of carbonyl (C=O) groups is 1. The maximum Gasteiger partial charge on any atom is 0.251 e. The van der Waals surface area contributed by atoms with E-state index in [0.29, 0.717) is 17.0 Å². The van der Waals surface area contributed by atoms with Crippen molar-refractivity contribution in [1.82, 2.24) is 9.97 Å². The summed E-state index contributed by atoms with van der Waals surface area (Å²) in [5.74, 6) is 0.0235. The van der Waals surface area contributed by atoms with E-state index in [0.717, 1.165) is 4.70 Å². The van der Waals surface area contributed by atoms with Crippen LogP contribution in [0.15, 0.2) is 11.6 Å². The van der Waals surface area contributed by atoms with Gasteiger partial charge in [0.1, 0.15) is 0 Å². The molecule has 0 fully saturated rings. The smallest absolute Gasteiger partial charge is 0.251 e. The van der Waals surface area contributed by atoms with E-state index in [1.807, 2.05) is 0 Å². The molecule has 14 heavy (non-hydrogen) atoms. The third-order valence-electron chi connectivity index (χ3n) is 1.80. The number of carbonyl (C=O) groups excluding carboxylic acids is 1. The maximum atomic E-state index is 11.0. The van der Waals surface area contributed by atoms with Crippen molar-refractivity contribution in [3.8, 4) is 0 Å². The molecular formula is C8H8N4OS. The van der Waals surface area contributed by atoms with Crippen LogP contribution in [0, 0.1) is 0 Å². The summed E-state index contributed by atoms with van der Waals surface area (Å²) in [4.78, 5) is 19.2. The molecule has 2 rings (SSSR count). The number of hydrogen-bond acceptors (Lipinski definition) is 5. The molecule has 2 heterocycles. The summed E-state index contributed by atoms with van der Waals surface area (Å²) in [6.45, 7) is 0. The molecular weight excluding hydrogens is 200 g/mol. The summed E-state index contributed by atoms with van der Waals surface area (Å²) >= 11 is 1.41. The summed E-state index contributed by atoms with van der Waals surface area (Å²) in [7, 11) is 1.72. The van der Waals surface area contributed by atoms with Gasteiger partial charge in [0.25, 0.3) is 5.91 Å². The van der Waals surface area contributed by atoms with Crippen LogP contribution in [0.2, 0.25) is 0 Å². The van der Waals surface area contributed by atoms with Gasteiger partial charge in [-0.2, -0.15) is 0 Å². The molecule has 0 aliphatic rings. The lowest BCUT2D eigenvalue weighted by atomic mass is 10.3. The minimum atomic E-state index is -0.461. The summed E-state index contributed by atoms with van der Waals surface area (Å²) < 4.78 is 0.859. The SMILES string of the molecule is CNc1ncc2scc(C(N)=O)c2n1. The van der Waals surface area contributed by atoms with Gasteiger partial charge < -0.3 is 11.1 Å². The molecule has 5 nitrogen and oxygen atoms in total.